The molecule has 2 N–H and O–H groups in total. The Morgan fingerprint density at radius 3 is 2.68 bits per heavy atom. The van der Waals surface area contributed by atoms with Crippen molar-refractivity contribution >= 4 is 11.9 Å². The molecule has 3 atom stereocenters. The van der Waals surface area contributed by atoms with Crippen molar-refractivity contribution in [2.45, 2.75) is 31.7 Å². The van der Waals surface area contributed by atoms with Gasteiger partial charge in [0.25, 0.3) is 0 Å². The van der Waals surface area contributed by atoms with E-state index in [4.69, 9.17) is 9.84 Å². The molecule has 0 radical (unpaired) electrons. The van der Waals surface area contributed by atoms with Crippen LogP contribution in [0.4, 0.5) is 4.39 Å². The van der Waals surface area contributed by atoms with Crippen LogP contribution in [0.3, 0.4) is 0 Å². The second-order valence-electron chi connectivity index (χ2n) is 5.86. The summed E-state index contributed by atoms with van der Waals surface area (Å²) in [5.74, 6) is -2.14. The summed E-state index contributed by atoms with van der Waals surface area (Å²) >= 11 is 0. The van der Waals surface area contributed by atoms with Crippen molar-refractivity contribution in [2.24, 2.45) is 11.8 Å². The fraction of sp³-hybridized carbons (Fsp3) is 0.500. The van der Waals surface area contributed by atoms with E-state index in [1.165, 1.54) is 12.1 Å². The van der Waals surface area contributed by atoms with Crippen LogP contribution in [0.2, 0.25) is 0 Å². The van der Waals surface area contributed by atoms with E-state index in [0.29, 0.717) is 31.6 Å². The van der Waals surface area contributed by atoms with E-state index in [2.05, 4.69) is 5.32 Å². The molecule has 2 aliphatic rings. The van der Waals surface area contributed by atoms with Crippen LogP contribution in [0.1, 0.15) is 37.3 Å². The largest absolute Gasteiger partial charge is 0.493 e. The number of ether oxygens (including phenoxy) is 1. The van der Waals surface area contributed by atoms with Gasteiger partial charge in [0, 0.05) is 11.6 Å². The van der Waals surface area contributed by atoms with E-state index >= 15 is 0 Å². The van der Waals surface area contributed by atoms with Gasteiger partial charge in [-0.1, -0.05) is 6.07 Å². The van der Waals surface area contributed by atoms with Gasteiger partial charge in [-0.05, 0) is 31.7 Å². The zero-order valence-electron chi connectivity index (χ0n) is 12.0. The van der Waals surface area contributed by atoms with Crippen molar-refractivity contribution < 1.29 is 23.8 Å². The smallest absolute Gasteiger partial charge is 0.307 e. The third kappa shape index (κ3) is 2.77. The Labute approximate surface area is 127 Å². The lowest BCUT2D eigenvalue weighted by Gasteiger charge is -2.33. The van der Waals surface area contributed by atoms with Gasteiger partial charge >= 0.3 is 5.97 Å². The number of carboxylic acids is 1. The van der Waals surface area contributed by atoms with Gasteiger partial charge in [0.2, 0.25) is 5.91 Å². The highest BCUT2D eigenvalue weighted by atomic mass is 19.1. The van der Waals surface area contributed by atoms with Crippen LogP contribution < -0.4 is 10.1 Å². The van der Waals surface area contributed by atoms with Gasteiger partial charge < -0.3 is 15.2 Å². The number of aliphatic carboxylic acids is 1. The van der Waals surface area contributed by atoms with Gasteiger partial charge in [-0.15, -0.1) is 0 Å². The first-order chi connectivity index (χ1) is 10.6. The maximum atomic E-state index is 13.3. The molecule has 5 nitrogen and oxygen atoms in total. The molecule has 1 aliphatic heterocycles. The molecule has 1 amide bonds. The number of nitrogens with one attached hydrogen (secondary N) is 1. The topological polar surface area (TPSA) is 75.6 Å². The van der Waals surface area contributed by atoms with Gasteiger partial charge in [-0.2, -0.15) is 0 Å². The normalized spacial score (nSPS) is 26.9. The standard InChI is InChI=1S/C16H18FNO4/c17-9-3-4-12-13(2-1-7-22-14(12)8-9)18-15(19)10-5-6-11(10)16(20)21/h3-4,8,10-11,13H,1-2,5-7H2,(H,18,19)(H,20,21). The second-order valence-corrected chi connectivity index (χ2v) is 5.86. The average Bonchev–Trinajstić information content (AvgIpc) is 2.58. The van der Waals surface area contributed by atoms with E-state index in [9.17, 15) is 14.0 Å². The lowest BCUT2D eigenvalue weighted by Crippen LogP contribution is -2.45. The Bertz CT molecular complexity index is 604. The number of carbonyl (C=O) groups is 2. The Morgan fingerprint density at radius 2 is 2.00 bits per heavy atom. The molecule has 1 fully saturated rings. The predicted octanol–water partition coefficient (Wildman–Crippen LogP) is 2.27. The number of carbonyl (C=O) groups excluding carboxylic acids is 1. The van der Waals surface area contributed by atoms with E-state index in [0.717, 1.165) is 12.0 Å². The predicted molar refractivity (Wildman–Crippen MR) is 75.9 cm³/mol. The maximum absolute atomic E-state index is 13.3. The summed E-state index contributed by atoms with van der Waals surface area (Å²) in [7, 11) is 0. The summed E-state index contributed by atoms with van der Waals surface area (Å²) in [5, 5.41) is 12.0. The van der Waals surface area contributed by atoms with Crippen molar-refractivity contribution in [2.75, 3.05) is 6.61 Å². The lowest BCUT2D eigenvalue weighted by atomic mass is 9.73. The number of amides is 1. The summed E-state index contributed by atoms with van der Waals surface area (Å²) in [5.41, 5.74) is 0.749. The quantitative estimate of drug-likeness (QED) is 0.898. The first-order valence-corrected chi connectivity index (χ1v) is 7.51. The van der Waals surface area contributed by atoms with Gasteiger partial charge in [0.05, 0.1) is 24.5 Å². The molecule has 1 saturated carbocycles. The van der Waals surface area contributed by atoms with Crippen LogP contribution in [0.15, 0.2) is 18.2 Å². The summed E-state index contributed by atoms with van der Waals surface area (Å²) in [6.45, 7) is 0.476. The Kier molecular flexibility index (Phi) is 4.00. The molecule has 1 heterocycles. The number of rotatable bonds is 3. The zero-order chi connectivity index (χ0) is 15.7. The van der Waals surface area contributed by atoms with E-state index in [1.807, 2.05) is 0 Å². The van der Waals surface area contributed by atoms with Gasteiger partial charge in [-0.25, -0.2) is 4.39 Å². The molecule has 0 spiro atoms. The molecule has 3 unspecified atom stereocenters. The molecule has 0 bridgehead atoms. The van der Waals surface area contributed by atoms with Crippen molar-refractivity contribution in [3.63, 3.8) is 0 Å². The Hall–Kier alpha value is -2.11. The van der Waals surface area contributed by atoms with E-state index < -0.39 is 17.8 Å². The van der Waals surface area contributed by atoms with Crippen LogP contribution in [-0.4, -0.2) is 23.6 Å². The monoisotopic (exact) mass is 307 g/mol. The van der Waals surface area contributed by atoms with Crippen LogP contribution >= 0.6 is 0 Å². The van der Waals surface area contributed by atoms with Crippen molar-refractivity contribution in [1.29, 1.82) is 0 Å². The molecular weight excluding hydrogens is 289 g/mol. The van der Waals surface area contributed by atoms with E-state index in [-0.39, 0.29) is 17.8 Å². The van der Waals surface area contributed by atoms with Crippen molar-refractivity contribution in [1.82, 2.24) is 5.32 Å². The van der Waals surface area contributed by atoms with Crippen molar-refractivity contribution in [3.8, 4) is 5.75 Å². The third-order valence-corrected chi connectivity index (χ3v) is 4.49. The summed E-state index contributed by atoms with van der Waals surface area (Å²) in [4.78, 5) is 23.3. The molecule has 118 valence electrons. The number of benzene rings is 1. The fourth-order valence-corrected chi connectivity index (χ4v) is 3.08. The Morgan fingerprint density at radius 1 is 1.23 bits per heavy atom. The van der Waals surface area contributed by atoms with Gasteiger partial charge in [0.15, 0.2) is 0 Å². The molecule has 0 saturated heterocycles. The van der Waals surface area contributed by atoms with Crippen LogP contribution in [0.5, 0.6) is 5.75 Å². The Balaban J connectivity index is 1.75. The van der Waals surface area contributed by atoms with Crippen LogP contribution in [0.25, 0.3) is 0 Å². The molecule has 6 heteroatoms. The molecule has 1 aliphatic carbocycles. The van der Waals surface area contributed by atoms with E-state index in [1.54, 1.807) is 6.07 Å². The number of fused-ring (bicyclic) bond motifs is 1. The highest BCUT2D eigenvalue weighted by molar-refractivity contribution is 5.86. The highest BCUT2D eigenvalue weighted by Gasteiger charge is 2.42. The number of hydrogen-bond acceptors (Lipinski definition) is 3. The minimum Gasteiger partial charge on any atom is -0.493 e. The molecule has 1 aromatic rings. The van der Waals surface area contributed by atoms with Gasteiger partial charge in [-0.3, -0.25) is 9.59 Å². The first-order valence-electron chi connectivity index (χ1n) is 7.51. The average molecular weight is 307 g/mol. The zero-order valence-corrected chi connectivity index (χ0v) is 12.0. The molecular formula is C16H18FNO4. The van der Waals surface area contributed by atoms with Crippen molar-refractivity contribution in [3.05, 3.63) is 29.6 Å². The molecule has 1 aromatic carbocycles. The van der Waals surface area contributed by atoms with Gasteiger partial charge in [0.1, 0.15) is 11.6 Å². The number of hydrogen-bond donors (Lipinski definition) is 2. The van der Waals surface area contributed by atoms with Crippen LogP contribution in [0, 0.1) is 17.7 Å². The molecule has 0 aromatic heterocycles. The SMILES string of the molecule is O=C(O)C1CCC1C(=O)NC1CCCOc2cc(F)ccc21. The highest BCUT2D eigenvalue weighted by Crippen LogP contribution is 2.37. The fourth-order valence-electron chi connectivity index (χ4n) is 3.08. The summed E-state index contributed by atoms with van der Waals surface area (Å²) in [6, 6.07) is 4.02. The lowest BCUT2D eigenvalue weighted by molar-refractivity contribution is -0.153. The maximum Gasteiger partial charge on any atom is 0.307 e. The molecule has 3 rings (SSSR count). The second kappa shape index (κ2) is 5.94. The molecule has 22 heavy (non-hydrogen) atoms. The minimum atomic E-state index is -0.918. The number of halogens is 1. The minimum absolute atomic E-state index is 0.235. The van der Waals surface area contributed by atoms with Crippen LogP contribution in [-0.2, 0) is 9.59 Å². The number of carboxylic acid groups (broad SMARTS) is 1. The first kappa shape index (κ1) is 14.8. The summed E-state index contributed by atoms with van der Waals surface area (Å²) < 4.78 is 18.8. The summed E-state index contributed by atoms with van der Waals surface area (Å²) in [6.07, 6.45) is 2.58. The third-order valence-electron chi connectivity index (χ3n) is 4.49.